The summed E-state index contributed by atoms with van der Waals surface area (Å²) in [6.07, 6.45) is 3.55. The molecule has 2 amide bonds. The molecule has 1 N–H and O–H groups in total. The molecule has 0 spiro atoms. The number of hydrogen-bond donors (Lipinski definition) is 1. The molecule has 10 nitrogen and oxygen atoms in total. The van der Waals surface area contributed by atoms with Crippen molar-refractivity contribution in [1.82, 2.24) is 14.8 Å². The number of aryl methyl sites for hydroxylation is 1. The van der Waals surface area contributed by atoms with Crippen LogP contribution in [0.2, 0.25) is 0 Å². The number of carbonyl (C=O) groups excluding carboxylic acids is 2. The SMILES string of the molecule is CC(=O)Nc1cccc(-n2c(SCC(=O)N3CCCc4cc([N+](=O)[O-])ccc43)nnc2C2CC2)c1. The first-order valence-electron chi connectivity index (χ1n) is 11.4. The summed E-state index contributed by atoms with van der Waals surface area (Å²) >= 11 is 1.31. The maximum Gasteiger partial charge on any atom is 0.269 e. The molecule has 1 aliphatic carbocycles. The number of thioether (sulfide) groups is 1. The molecular weight excluding hydrogens is 468 g/mol. The molecule has 0 unspecified atom stereocenters. The molecule has 1 aliphatic heterocycles. The zero-order chi connectivity index (χ0) is 24.5. The summed E-state index contributed by atoms with van der Waals surface area (Å²) in [6, 6.07) is 12.1. The van der Waals surface area contributed by atoms with E-state index < -0.39 is 4.92 Å². The number of nitrogens with one attached hydrogen (secondary N) is 1. The van der Waals surface area contributed by atoms with Crippen LogP contribution in [0.1, 0.15) is 43.5 Å². The highest BCUT2D eigenvalue weighted by Crippen LogP contribution is 2.41. The summed E-state index contributed by atoms with van der Waals surface area (Å²) in [7, 11) is 0. The van der Waals surface area contributed by atoms with Gasteiger partial charge in [0.1, 0.15) is 5.82 Å². The molecule has 5 rings (SSSR count). The van der Waals surface area contributed by atoms with Crippen molar-refractivity contribution >= 4 is 40.6 Å². The van der Waals surface area contributed by atoms with Crippen molar-refractivity contribution in [3.63, 3.8) is 0 Å². The molecular formula is C24H24N6O4S. The number of anilines is 2. The second-order valence-electron chi connectivity index (χ2n) is 8.69. The van der Waals surface area contributed by atoms with Crippen molar-refractivity contribution in [1.29, 1.82) is 0 Å². The minimum Gasteiger partial charge on any atom is -0.326 e. The predicted octanol–water partition coefficient (Wildman–Crippen LogP) is 4.08. The number of aromatic nitrogens is 3. The number of nitro benzene ring substituents is 1. The van der Waals surface area contributed by atoms with Crippen LogP contribution in [0.3, 0.4) is 0 Å². The molecule has 1 aromatic heterocycles. The average molecular weight is 493 g/mol. The Hall–Kier alpha value is -3.73. The first-order valence-corrected chi connectivity index (χ1v) is 12.4. The first kappa shape index (κ1) is 23.0. The van der Waals surface area contributed by atoms with Gasteiger partial charge >= 0.3 is 0 Å². The smallest absolute Gasteiger partial charge is 0.269 e. The molecule has 1 saturated carbocycles. The second kappa shape index (κ2) is 9.49. The minimum atomic E-state index is -0.415. The third-order valence-corrected chi connectivity index (χ3v) is 6.96. The average Bonchev–Trinajstić information content (AvgIpc) is 3.60. The maximum atomic E-state index is 13.2. The number of carbonyl (C=O) groups is 2. The molecule has 2 aliphatic rings. The summed E-state index contributed by atoms with van der Waals surface area (Å²) in [5.41, 5.74) is 3.09. The Kier molecular flexibility index (Phi) is 6.25. The van der Waals surface area contributed by atoms with E-state index in [0.717, 1.165) is 42.0 Å². The van der Waals surface area contributed by atoms with Gasteiger partial charge in [-0.3, -0.25) is 24.3 Å². The largest absolute Gasteiger partial charge is 0.326 e. The topological polar surface area (TPSA) is 123 Å². The van der Waals surface area contributed by atoms with Crippen molar-refractivity contribution in [3.05, 3.63) is 64.0 Å². The Labute approximate surface area is 205 Å². The molecule has 0 atom stereocenters. The Bertz CT molecular complexity index is 1320. The molecule has 35 heavy (non-hydrogen) atoms. The van der Waals surface area contributed by atoms with Crippen molar-refractivity contribution in [2.45, 2.75) is 43.7 Å². The summed E-state index contributed by atoms with van der Waals surface area (Å²) in [5.74, 6) is 1.11. The van der Waals surface area contributed by atoms with Gasteiger partial charge in [0.15, 0.2) is 5.16 Å². The van der Waals surface area contributed by atoms with E-state index in [1.165, 1.54) is 24.8 Å². The number of rotatable bonds is 7. The molecule has 0 saturated heterocycles. The van der Waals surface area contributed by atoms with Crippen LogP contribution in [0.4, 0.5) is 17.1 Å². The fourth-order valence-corrected chi connectivity index (χ4v) is 5.14. The zero-order valence-electron chi connectivity index (χ0n) is 19.1. The van der Waals surface area contributed by atoms with Crippen LogP contribution in [0.15, 0.2) is 47.6 Å². The Morgan fingerprint density at radius 3 is 2.77 bits per heavy atom. The fourth-order valence-electron chi connectivity index (χ4n) is 4.31. The van der Waals surface area contributed by atoms with Crippen LogP contribution < -0.4 is 10.2 Å². The molecule has 0 radical (unpaired) electrons. The van der Waals surface area contributed by atoms with Gasteiger partial charge in [0, 0.05) is 42.9 Å². The molecule has 0 bridgehead atoms. The minimum absolute atomic E-state index is 0.0367. The lowest BCUT2D eigenvalue weighted by atomic mass is 10.0. The van der Waals surface area contributed by atoms with Crippen LogP contribution >= 0.6 is 11.8 Å². The van der Waals surface area contributed by atoms with Crippen LogP contribution in [0.25, 0.3) is 5.69 Å². The first-order chi connectivity index (χ1) is 16.9. The van der Waals surface area contributed by atoms with Crippen LogP contribution in [0, 0.1) is 10.1 Å². The number of non-ortho nitro benzene ring substituents is 1. The van der Waals surface area contributed by atoms with E-state index in [9.17, 15) is 19.7 Å². The third kappa shape index (κ3) is 4.90. The van der Waals surface area contributed by atoms with Gasteiger partial charge in [-0.05, 0) is 55.5 Å². The Balaban J connectivity index is 1.37. The van der Waals surface area contributed by atoms with Gasteiger partial charge in [-0.1, -0.05) is 17.8 Å². The summed E-state index contributed by atoms with van der Waals surface area (Å²) in [4.78, 5) is 37.1. The molecule has 2 heterocycles. The van der Waals surface area contributed by atoms with Crippen molar-refractivity contribution in [3.8, 4) is 5.69 Å². The third-order valence-electron chi connectivity index (χ3n) is 6.04. The number of amides is 2. The Morgan fingerprint density at radius 2 is 2.03 bits per heavy atom. The zero-order valence-corrected chi connectivity index (χ0v) is 20.0. The highest BCUT2D eigenvalue weighted by atomic mass is 32.2. The summed E-state index contributed by atoms with van der Waals surface area (Å²) in [5, 5.41) is 23.3. The number of benzene rings is 2. The van der Waals surface area contributed by atoms with E-state index in [-0.39, 0.29) is 23.3 Å². The van der Waals surface area contributed by atoms with Crippen molar-refractivity contribution in [2.24, 2.45) is 0 Å². The van der Waals surface area contributed by atoms with E-state index >= 15 is 0 Å². The summed E-state index contributed by atoms with van der Waals surface area (Å²) < 4.78 is 1.97. The lowest BCUT2D eigenvalue weighted by Crippen LogP contribution is -2.36. The predicted molar refractivity (Wildman–Crippen MR) is 132 cm³/mol. The van der Waals surface area contributed by atoms with E-state index in [1.54, 1.807) is 17.0 Å². The molecule has 2 aromatic carbocycles. The molecule has 180 valence electrons. The highest BCUT2D eigenvalue weighted by Gasteiger charge is 2.32. The van der Waals surface area contributed by atoms with Crippen LogP contribution in [-0.2, 0) is 16.0 Å². The number of nitrogens with zero attached hydrogens (tertiary/aromatic N) is 5. The van der Waals surface area contributed by atoms with Crippen molar-refractivity contribution in [2.75, 3.05) is 22.5 Å². The van der Waals surface area contributed by atoms with E-state index in [4.69, 9.17) is 0 Å². The van der Waals surface area contributed by atoms with Gasteiger partial charge in [0.2, 0.25) is 11.8 Å². The fraction of sp³-hybridized carbons (Fsp3) is 0.333. The van der Waals surface area contributed by atoms with E-state index in [2.05, 4.69) is 15.5 Å². The number of fused-ring (bicyclic) bond motifs is 1. The van der Waals surface area contributed by atoms with Crippen LogP contribution in [-0.4, -0.2) is 43.8 Å². The normalized spacial score (nSPS) is 14.9. The standard InChI is InChI=1S/C24H24N6O4S/c1-15(31)25-18-5-2-6-19(13-18)29-23(16-7-8-16)26-27-24(29)35-14-22(32)28-11-3-4-17-12-20(30(33)34)9-10-21(17)28/h2,5-6,9-10,12-13,16H,3-4,7-8,11,14H2,1H3,(H,25,31). The molecule has 1 fully saturated rings. The van der Waals surface area contributed by atoms with Gasteiger partial charge in [0.05, 0.1) is 16.4 Å². The number of nitro groups is 1. The lowest BCUT2D eigenvalue weighted by Gasteiger charge is -2.29. The second-order valence-corrected chi connectivity index (χ2v) is 9.63. The number of hydrogen-bond acceptors (Lipinski definition) is 7. The van der Waals surface area contributed by atoms with E-state index in [1.807, 2.05) is 28.8 Å². The highest BCUT2D eigenvalue weighted by molar-refractivity contribution is 7.99. The van der Waals surface area contributed by atoms with Gasteiger partial charge in [-0.15, -0.1) is 10.2 Å². The van der Waals surface area contributed by atoms with Crippen molar-refractivity contribution < 1.29 is 14.5 Å². The van der Waals surface area contributed by atoms with Gasteiger partial charge in [0.25, 0.3) is 5.69 Å². The maximum absolute atomic E-state index is 13.2. The lowest BCUT2D eigenvalue weighted by molar-refractivity contribution is -0.384. The van der Waals surface area contributed by atoms with Gasteiger partial charge in [-0.25, -0.2) is 0 Å². The quantitative estimate of drug-likeness (QED) is 0.299. The van der Waals surface area contributed by atoms with Gasteiger partial charge < -0.3 is 10.2 Å². The summed E-state index contributed by atoms with van der Waals surface area (Å²) in [6.45, 7) is 2.04. The Morgan fingerprint density at radius 1 is 1.20 bits per heavy atom. The molecule has 11 heteroatoms. The van der Waals surface area contributed by atoms with Gasteiger partial charge in [-0.2, -0.15) is 0 Å². The van der Waals surface area contributed by atoms with E-state index in [0.29, 0.717) is 29.7 Å². The molecule has 3 aromatic rings. The van der Waals surface area contributed by atoms with Crippen LogP contribution in [0.5, 0.6) is 0 Å². The monoisotopic (exact) mass is 492 g/mol.